The van der Waals surface area contributed by atoms with Gasteiger partial charge in [0.2, 0.25) is 5.96 Å². The van der Waals surface area contributed by atoms with Gasteiger partial charge in [-0.15, -0.1) is 0 Å². The number of nitrogens with one attached hydrogen (secondary N) is 1. The van der Waals surface area contributed by atoms with Crippen LogP contribution in [-0.2, 0) is 6.42 Å². The highest BCUT2D eigenvalue weighted by Gasteiger charge is 2.19. The van der Waals surface area contributed by atoms with Gasteiger partial charge in [0.25, 0.3) is 0 Å². The van der Waals surface area contributed by atoms with Crippen molar-refractivity contribution in [2.24, 2.45) is 0 Å². The van der Waals surface area contributed by atoms with Crippen LogP contribution in [0.5, 0.6) is 0 Å². The Hall–Kier alpha value is -2.55. The minimum Gasteiger partial charge on any atom is -0.315 e. The van der Waals surface area contributed by atoms with E-state index < -0.39 is 0 Å². The maximum atomic E-state index is 8.56. The number of para-hydroxylation sites is 1. The molecule has 1 aliphatic carbocycles. The van der Waals surface area contributed by atoms with E-state index in [1.54, 1.807) is 0 Å². The fraction of sp³-hybridized carbons (Fsp3) is 0.211. The Morgan fingerprint density at radius 1 is 0.955 bits per heavy atom. The van der Waals surface area contributed by atoms with E-state index in [-0.39, 0.29) is 0 Å². The molecule has 2 aromatic carbocycles. The molecule has 0 saturated heterocycles. The molecule has 0 fully saturated rings. The van der Waals surface area contributed by atoms with Crippen LogP contribution < -0.4 is 9.80 Å². The molecule has 0 unspecified atom stereocenters. The van der Waals surface area contributed by atoms with Crippen molar-refractivity contribution in [2.75, 3.05) is 23.9 Å². The molecule has 22 heavy (non-hydrogen) atoms. The summed E-state index contributed by atoms with van der Waals surface area (Å²) in [5, 5.41) is 8.56. The molecule has 0 atom stereocenters. The number of benzene rings is 2. The summed E-state index contributed by atoms with van der Waals surface area (Å²) in [6.07, 6.45) is 5.32. The maximum Gasteiger partial charge on any atom is 0.202 e. The van der Waals surface area contributed by atoms with Gasteiger partial charge in [0.15, 0.2) is 0 Å². The molecule has 0 bridgehead atoms. The van der Waals surface area contributed by atoms with Gasteiger partial charge in [-0.2, -0.15) is 0 Å². The van der Waals surface area contributed by atoms with Gasteiger partial charge >= 0.3 is 0 Å². The Morgan fingerprint density at radius 2 is 1.64 bits per heavy atom. The largest absolute Gasteiger partial charge is 0.315 e. The summed E-state index contributed by atoms with van der Waals surface area (Å²) in [6.45, 7) is 2.07. The van der Waals surface area contributed by atoms with Crippen LogP contribution in [0, 0.1) is 12.3 Å². The van der Waals surface area contributed by atoms with Crippen LogP contribution in [-0.4, -0.2) is 20.1 Å². The smallest absolute Gasteiger partial charge is 0.202 e. The highest BCUT2D eigenvalue weighted by molar-refractivity contribution is 6.06. The lowest BCUT2D eigenvalue weighted by Crippen LogP contribution is -2.40. The van der Waals surface area contributed by atoms with Crippen molar-refractivity contribution in [3.8, 4) is 0 Å². The number of hydrogen-bond donors (Lipinski definition) is 1. The lowest BCUT2D eigenvalue weighted by atomic mass is 10.1. The highest BCUT2D eigenvalue weighted by atomic mass is 15.3. The van der Waals surface area contributed by atoms with E-state index in [2.05, 4.69) is 43.3 Å². The summed E-state index contributed by atoms with van der Waals surface area (Å²) in [5.41, 5.74) is 5.86. The Bertz CT molecular complexity index is 746. The first kappa shape index (κ1) is 14.4. The quantitative estimate of drug-likeness (QED) is 0.668. The van der Waals surface area contributed by atoms with Crippen LogP contribution in [0.4, 0.5) is 11.4 Å². The van der Waals surface area contributed by atoms with E-state index in [1.165, 1.54) is 16.7 Å². The zero-order chi connectivity index (χ0) is 15.7. The zero-order valence-electron chi connectivity index (χ0n) is 13.3. The number of fused-ring (bicyclic) bond motifs is 1. The molecule has 1 N–H and O–H groups in total. The van der Waals surface area contributed by atoms with Crippen molar-refractivity contribution in [3.05, 3.63) is 65.2 Å². The molecular formula is C19H21N3. The van der Waals surface area contributed by atoms with Crippen LogP contribution in [0.2, 0.25) is 0 Å². The first-order chi connectivity index (χ1) is 10.6. The summed E-state index contributed by atoms with van der Waals surface area (Å²) >= 11 is 0. The molecule has 112 valence electrons. The second kappa shape index (κ2) is 5.68. The molecule has 1 aliphatic rings. The lowest BCUT2D eigenvalue weighted by molar-refractivity contribution is 1.10. The van der Waals surface area contributed by atoms with Gasteiger partial charge in [0, 0.05) is 25.3 Å². The van der Waals surface area contributed by atoms with Crippen molar-refractivity contribution in [1.29, 1.82) is 5.41 Å². The average Bonchev–Trinajstić information content (AvgIpc) is 3.02. The van der Waals surface area contributed by atoms with E-state index in [9.17, 15) is 0 Å². The number of aryl methyl sites for hydroxylation is 1. The fourth-order valence-corrected chi connectivity index (χ4v) is 2.96. The van der Waals surface area contributed by atoms with Gasteiger partial charge < -0.3 is 9.80 Å². The standard InChI is InChI=1S/C19H21N3/c1-14-8-4-5-12-17(14)21(2)19(20)22(3)18-13-7-10-15-9-6-11-16(15)18/h4-8,10-13,20H,9H2,1-3H3. The fourth-order valence-electron chi connectivity index (χ4n) is 2.96. The van der Waals surface area contributed by atoms with Crippen molar-refractivity contribution >= 4 is 23.4 Å². The third-order valence-corrected chi connectivity index (χ3v) is 4.27. The molecule has 0 radical (unpaired) electrons. The summed E-state index contributed by atoms with van der Waals surface area (Å²) < 4.78 is 0. The van der Waals surface area contributed by atoms with Gasteiger partial charge in [0.1, 0.15) is 0 Å². The van der Waals surface area contributed by atoms with Crippen LogP contribution in [0.15, 0.2) is 48.5 Å². The van der Waals surface area contributed by atoms with E-state index in [4.69, 9.17) is 5.41 Å². The van der Waals surface area contributed by atoms with E-state index in [0.29, 0.717) is 5.96 Å². The molecule has 3 nitrogen and oxygen atoms in total. The second-order valence-corrected chi connectivity index (χ2v) is 5.68. The van der Waals surface area contributed by atoms with Crippen LogP contribution >= 0.6 is 0 Å². The molecule has 0 heterocycles. The molecule has 0 saturated carbocycles. The van der Waals surface area contributed by atoms with E-state index >= 15 is 0 Å². The van der Waals surface area contributed by atoms with Gasteiger partial charge in [-0.25, -0.2) is 0 Å². The summed E-state index contributed by atoms with van der Waals surface area (Å²) in [7, 11) is 3.90. The number of guanidine groups is 1. The third-order valence-electron chi connectivity index (χ3n) is 4.27. The van der Waals surface area contributed by atoms with Crippen LogP contribution in [0.1, 0.15) is 16.7 Å². The molecular weight excluding hydrogens is 270 g/mol. The third kappa shape index (κ3) is 2.39. The van der Waals surface area contributed by atoms with Crippen molar-refractivity contribution in [1.82, 2.24) is 0 Å². The van der Waals surface area contributed by atoms with Gasteiger partial charge in [-0.05, 0) is 36.6 Å². The monoisotopic (exact) mass is 291 g/mol. The molecule has 3 heteroatoms. The molecule has 0 spiro atoms. The molecule has 3 rings (SSSR count). The van der Waals surface area contributed by atoms with Crippen LogP contribution in [0.25, 0.3) is 6.08 Å². The number of rotatable bonds is 2. The zero-order valence-corrected chi connectivity index (χ0v) is 13.3. The predicted octanol–water partition coefficient (Wildman–Crippen LogP) is 4.07. The topological polar surface area (TPSA) is 30.3 Å². The predicted molar refractivity (Wildman–Crippen MR) is 94.9 cm³/mol. The SMILES string of the molecule is Cc1ccccc1N(C)C(=N)N(C)c1cccc2c1C=CC2. The van der Waals surface area contributed by atoms with Gasteiger partial charge in [0.05, 0.1) is 5.69 Å². The van der Waals surface area contributed by atoms with Gasteiger partial charge in [-0.1, -0.05) is 42.5 Å². The van der Waals surface area contributed by atoms with Crippen molar-refractivity contribution in [3.63, 3.8) is 0 Å². The number of hydrogen-bond acceptors (Lipinski definition) is 1. The Labute approximate surface area is 132 Å². The number of allylic oxidation sites excluding steroid dienone is 1. The lowest BCUT2D eigenvalue weighted by Gasteiger charge is -2.30. The number of nitrogens with zero attached hydrogens (tertiary/aromatic N) is 2. The summed E-state index contributed by atoms with van der Waals surface area (Å²) in [6, 6.07) is 14.5. The Balaban J connectivity index is 1.91. The van der Waals surface area contributed by atoms with Crippen molar-refractivity contribution < 1.29 is 0 Å². The minimum atomic E-state index is 0.461. The highest BCUT2D eigenvalue weighted by Crippen LogP contribution is 2.30. The molecule has 0 aromatic heterocycles. The molecule has 0 amide bonds. The van der Waals surface area contributed by atoms with Gasteiger partial charge in [-0.3, -0.25) is 5.41 Å². The Kier molecular flexibility index (Phi) is 3.72. The maximum absolute atomic E-state index is 8.56. The van der Waals surface area contributed by atoms with E-state index in [0.717, 1.165) is 17.8 Å². The summed E-state index contributed by atoms with van der Waals surface area (Å²) in [5.74, 6) is 0.461. The average molecular weight is 291 g/mol. The summed E-state index contributed by atoms with van der Waals surface area (Å²) in [4.78, 5) is 3.87. The molecule has 0 aliphatic heterocycles. The first-order valence-corrected chi connectivity index (χ1v) is 7.49. The minimum absolute atomic E-state index is 0.461. The Morgan fingerprint density at radius 3 is 2.41 bits per heavy atom. The van der Waals surface area contributed by atoms with Crippen LogP contribution in [0.3, 0.4) is 0 Å². The van der Waals surface area contributed by atoms with E-state index in [1.807, 2.05) is 42.1 Å². The number of anilines is 2. The first-order valence-electron chi connectivity index (χ1n) is 7.49. The van der Waals surface area contributed by atoms with Crippen molar-refractivity contribution in [2.45, 2.75) is 13.3 Å². The normalized spacial score (nSPS) is 12.1. The second-order valence-electron chi connectivity index (χ2n) is 5.68. The molecule has 2 aromatic rings.